The minimum Gasteiger partial charge on any atom is -0.297 e. The van der Waals surface area contributed by atoms with Gasteiger partial charge in [0.15, 0.2) is 0 Å². The monoisotopic (exact) mass is 333 g/mol. The zero-order chi connectivity index (χ0) is 16.8. The second kappa shape index (κ2) is 8.65. The summed E-state index contributed by atoms with van der Waals surface area (Å²) in [4.78, 5) is 2.52. The van der Waals surface area contributed by atoms with E-state index in [1.54, 1.807) is 0 Å². The van der Waals surface area contributed by atoms with Crippen LogP contribution in [0.15, 0.2) is 42.0 Å². The van der Waals surface area contributed by atoms with Crippen molar-refractivity contribution in [2.45, 2.75) is 13.8 Å². The fraction of sp³-hybridized carbons (Fsp3) is 0.474. The number of nitrogens with zero attached hydrogens (tertiary/aromatic N) is 3. The highest BCUT2D eigenvalue weighted by atomic mass is 35.5. The Morgan fingerprint density at radius 1 is 1.09 bits per heavy atom. The molecular formula is C19H28ClN3. The average Bonchev–Trinajstić information content (AvgIpc) is 2.53. The van der Waals surface area contributed by atoms with Gasteiger partial charge in [-0.25, -0.2) is 10.0 Å². The lowest BCUT2D eigenvalue weighted by Crippen LogP contribution is -2.51. The number of benzene rings is 1. The highest BCUT2D eigenvalue weighted by Crippen LogP contribution is 2.23. The zero-order valence-electron chi connectivity index (χ0n) is 14.7. The van der Waals surface area contributed by atoms with Crippen molar-refractivity contribution >= 4 is 17.2 Å². The van der Waals surface area contributed by atoms with Crippen LogP contribution < -0.4 is 0 Å². The molecule has 0 radical (unpaired) electrons. The largest absolute Gasteiger partial charge is 0.297 e. The van der Waals surface area contributed by atoms with Gasteiger partial charge in [0.05, 0.1) is 0 Å². The van der Waals surface area contributed by atoms with Crippen LogP contribution in [0.2, 0.25) is 5.02 Å². The molecule has 1 aromatic rings. The summed E-state index contributed by atoms with van der Waals surface area (Å²) >= 11 is 6.25. The van der Waals surface area contributed by atoms with Gasteiger partial charge in [-0.2, -0.15) is 0 Å². The SMILES string of the molecule is C/C(=C\C=C(/C)c1ccccc1Cl)CN1CCN(N(C)C)CC1. The third kappa shape index (κ3) is 5.47. The molecule has 1 heterocycles. The third-order valence-electron chi connectivity index (χ3n) is 4.30. The Kier molecular flexibility index (Phi) is 6.85. The Morgan fingerprint density at radius 2 is 1.74 bits per heavy atom. The first-order valence-electron chi connectivity index (χ1n) is 8.21. The van der Waals surface area contributed by atoms with Crippen LogP contribution in [0.4, 0.5) is 0 Å². The Hall–Kier alpha value is -1.13. The molecule has 0 saturated carbocycles. The van der Waals surface area contributed by atoms with E-state index in [0.29, 0.717) is 0 Å². The van der Waals surface area contributed by atoms with Gasteiger partial charge >= 0.3 is 0 Å². The molecule has 0 unspecified atom stereocenters. The van der Waals surface area contributed by atoms with Crippen LogP contribution >= 0.6 is 11.6 Å². The summed E-state index contributed by atoms with van der Waals surface area (Å²) in [5.74, 6) is 0. The van der Waals surface area contributed by atoms with E-state index >= 15 is 0 Å². The number of halogens is 1. The predicted octanol–water partition coefficient (Wildman–Crippen LogP) is 3.78. The first kappa shape index (κ1) is 18.2. The molecule has 0 bridgehead atoms. The lowest BCUT2D eigenvalue weighted by Gasteiger charge is -2.38. The van der Waals surface area contributed by atoms with Gasteiger partial charge < -0.3 is 0 Å². The first-order valence-corrected chi connectivity index (χ1v) is 8.58. The van der Waals surface area contributed by atoms with Crippen LogP contribution in [0, 0.1) is 0 Å². The summed E-state index contributed by atoms with van der Waals surface area (Å²) in [6, 6.07) is 8.00. The summed E-state index contributed by atoms with van der Waals surface area (Å²) in [7, 11) is 4.23. The molecule has 4 heteroatoms. The maximum absolute atomic E-state index is 6.25. The van der Waals surface area contributed by atoms with Crippen molar-refractivity contribution in [3.8, 4) is 0 Å². The molecule has 2 rings (SSSR count). The Morgan fingerprint density at radius 3 is 2.35 bits per heavy atom. The lowest BCUT2D eigenvalue weighted by molar-refractivity contribution is -0.0166. The molecule has 126 valence electrons. The third-order valence-corrected chi connectivity index (χ3v) is 4.63. The van der Waals surface area contributed by atoms with Crippen LogP contribution in [0.5, 0.6) is 0 Å². The lowest BCUT2D eigenvalue weighted by atomic mass is 10.1. The van der Waals surface area contributed by atoms with Crippen LogP contribution in [0.25, 0.3) is 5.57 Å². The molecule has 1 aromatic carbocycles. The summed E-state index contributed by atoms with van der Waals surface area (Å²) in [6.45, 7) is 9.81. The molecule has 0 aliphatic carbocycles. The van der Waals surface area contributed by atoms with E-state index in [4.69, 9.17) is 11.6 Å². The molecule has 1 saturated heterocycles. The topological polar surface area (TPSA) is 9.72 Å². The molecule has 3 nitrogen and oxygen atoms in total. The van der Waals surface area contributed by atoms with Crippen molar-refractivity contribution in [3.05, 3.63) is 52.6 Å². The molecule has 0 aromatic heterocycles. The smallest absolute Gasteiger partial charge is 0.0481 e. The fourth-order valence-electron chi connectivity index (χ4n) is 2.84. The van der Waals surface area contributed by atoms with E-state index in [1.165, 1.54) is 11.1 Å². The number of hydrogen-bond donors (Lipinski definition) is 0. The second-order valence-corrected chi connectivity index (χ2v) is 6.83. The Bertz CT molecular complexity index is 570. The molecule has 1 aliphatic heterocycles. The summed E-state index contributed by atoms with van der Waals surface area (Å²) in [5, 5.41) is 5.39. The fourth-order valence-corrected chi connectivity index (χ4v) is 3.12. The van der Waals surface area contributed by atoms with Crippen molar-refractivity contribution < 1.29 is 0 Å². The van der Waals surface area contributed by atoms with Gasteiger partial charge in [0.25, 0.3) is 0 Å². The zero-order valence-corrected chi connectivity index (χ0v) is 15.5. The number of allylic oxidation sites excluding steroid dienone is 3. The van der Waals surface area contributed by atoms with Gasteiger partial charge in [0.1, 0.15) is 0 Å². The van der Waals surface area contributed by atoms with Crippen LogP contribution in [0.3, 0.4) is 0 Å². The molecule has 1 aliphatic rings. The van der Waals surface area contributed by atoms with E-state index in [1.807, 2.05) is 18.2 Å². The molecular weight excluding hydrogens is 306 g/mol. The van der Waals surface area contributed by atoms with E-state index in [9.17, 15) is 0 Å². The molecule has 0 amide bonds. The van der Waals surface area contributed by atoms with E-state index in [-0.39, 0.29) is 0 Å². The van der Waals surface area contributed by atoms with Gasteiger partial charge in [-0.3, -0.25) is 4.90 Å². The minimum atomic E-state index is 0.812. The van der Waals surface area contributed by atoms with E-state index in [0.717, 1.165) is 43.3 Å². The molecule has 0 N–H and O–H groups in total. The molecule has 23 heavy (non-hydrogen) atoms. The normalized spacial score (nSPS) is 18.7. The Labute approximate surface area is 145 Å². The second-order valence-electron chi connectivity index (χ2n) is 6.42. The maximum atomic E-state index is 6.25. The average molecular weight is 334 g/mol. The summed E-state index contributed by atoms with van der Waals surface area (Å²) in [6.07, 6.45) is 4.39. The quantitative estimate of drug-likeness (QED) is 0.759. The van der Waals surface area contributed by atoms with Crippen LogP contribution in [-0.4, -0.2) is 61.7 Å². The summed E-state index contributed by atoms with van der Waals surface area (Å²) in [5.41, 5.74) is 3.69. The molecule has 0 atom stereocenters. The van der Waals surface area contributed by atoms with Crippen molar-refractivity contribution in [1.29, 1.82) is 0 Å². The number of hydrazine groups is 1. The highest BCUT2D eigenvalue weighted by Gasteiger charge is 2.17. The highest BCUT2D eigenvalue weighted by molar-refractivity contribution is 6.32. The number of piperazine rings is 1. The predicted molar refractivity (Wildman–Crippen MR) is 101 cm³/mol. The van der Waals surface area contributed by atoms with Crippen molar-refractivity contribution in [2.75, 3.05) is 46.8 Å². The maximum Gasteiger partial charge on any atom is 0.0481 e. The van der Waals surface area contributed by atoms with Crippen molar-refractivity contribution in [3.63, 3.8) is 0 Å². The molecule has 0 spiro atoms. The van der Waals surface area contributed by atoms with Crippen LogP contribution in [0.1, 0.15) is 19.4 Å². The van der Waals surface area contributed by atoms with E-state index in [2.05, 4.69) is 61.1 Å². The number of rotatable bonds is 5. The summed E-state index contributed by atoms with van der Waals surface area (Å²) < 4.78 is 0. The standard InChI is InChI=1S/C19H28ClN3/c1-16(15-22-11-13-23(14-12-22)21(3)4)9-10-17(2)18-7-5-6-8-19(18)20/h5-10H,11-15H2,1-4H3/b16-9+,17-10+. The molecule has 1 fully saturated rings. The van der Waals surface area contributed by atoms with Gasteiger partial charge in [0, 0.05) is 51.8 Å². The minimum absolute atomic E-state index is 0.812. The van der Waals surface area contributed by atoms with Gasteiger partial charge in [-0.15, -0.1) is 0 Å². The Balaban J connectivity index is 1.91. The van der Waals surface area contributed by atoms with E-state index < -0.39 is 0 Å². The van der Waals surface area contributed by atoms with Crippen molar-refractivity contribution in [2.24, 2.45) is 0 Å². The van der Waals surface area contributed by atoms with Gasteiger partial charge in [-0.1, -0.05) is 47.5 Å². The van der Waals surface area contributed by atoms with Crippen LogP contribution in [-0.2, 0) is 0 Å². The van der Waals surface area contributed by atoms with Gasteiger partial charge in [-0.05, 0) is 31.1 Å². The first-order chi connectivity index (χ1) is 11.0. The number of hydrogen-bond acceptors (Lipinski definition) is 3. The van der Waals surface area contributed by atoms with Gasteiger partial charge in [0.2, 0.25) is 0 Å². The van der Waals surface area contributed by atoms with Crippen molar-refractivity contribution in [1.82, 2.24) is 14.9 Å².